The van der Waals surface area contributed by atoms with Crippen molar-refractivity contribution >= 4 is 21.5 Å². The number of nitrogens with one attached hydrogen (secondary N) is 1. The molecule has 2 rings (SSSR count). The number of nitrogens with two attached hydrogens (primary N) is 1. The van der Waals surface area contributed by atoms with Crippen LogP contribution in [0.15, 0.2) is 27.6 Å². The van der Waals surface area contributed by atoms with E-state index in [1.807, 2.05) is 4.72 Å². The van der Waals surface area contributed by atoms with Gasteiger partial charge in [0, 0.05) is 11.8 Å². The standard InChI is InChI=1S/C10H9F2N3O3S/c1-5-2-9(14-18-5)15-19(16,17)8-4-6(13)3-7(11)10(8)12/h2-4H,13H2,1H3,(H,14,15). The second-order valence-electron chi connectivity index (χ2n) is 3.74. The zero-order chi connectivity index (χ0) is 14.2. The summed E-state index contributed by atoms with van der Waals surface area (Å²) in [5, 5.41) is 3.39. The fourth-order valence-electron chi connectivity index (χ4n) is 1.39. The molecule has 0 radical (unpaired) electrons. The van der Waals surface area contributed by atoms with E-state index in [9.17, 15) is 17.2 Å². The maximum atomic E-state index is 13.5. The Hall–Kier alpha value is -2.16. The quantitative estimate of drug-likeness (QED) is 0.837. The van der Waals surface area contributed by atoms with Gasteiger partial charge >= 0.3 is 0 Å². The van der Waals surface area contributed by atoms with Gasteiger partial charge in [0.15, 0.2) is 17.5 Å². The average Bonchev–Trinajstić information content (AvgIpc) is 2.68. The van der Waals surface area contributed by atoms with Crippen molar-refractivity contribution in [1.82, 2.24) is 5.16 Å². The number of hydrogen-bond donors (Lipinski definition) is 2. The lowest BCUT2D eigenvalue weighted by Crippen LogP contribution is -2.16. The van der Waals surface area contributed by atoms with Crippen molar-refractivity contribution in [3.05, 3.63) is 35.6 Å². The van der Waals surface area contributed by atoms with Gasteiger partial charge in [-0.1, -0.05) is 5.16 Å². The second kappa shape index (κ2) is 4.50. The number of anilines is 2. The van der Waals surface area contributed by atoms with Crippen molar-refractivity contribution in [3.63, 3.8) is 0 Å². The van der Waals surface area contributed by atoms with Crippen LogP contribution >= 0.6 is 0 Å². The summed E-state index contributed by atoms with van der Waals surface area (Å²) in [6.07, 6.45) is 0. The zero-order valence-corrected chi connectivity index (χ0v) is 10.5. The first kappa shape index (κ1) is 13.3. The molecule has 1 aromatic carbocycles. The number of hydrogen-bond acceptors (Lipinski definition) is 5. The lowest BCUT2D eigenvalue weighted by Gasteiger charge is -2.07. The summed E-state index contributed by atoms with van der Waals surface area (Å²) in [5.74, 6) is -2.64. The van der Waals surface area contributed by atoms with Crippen molar-refractivity contribution in [2.75, 3.05) is 10.5 Å². The van der Waals surface area contributed by atoms with Crippen LogP contribution in [-0.2, 0) is 10.0 Å². The maximum absolute atomic E-state index is 13.5. The highest BCUT2D eigenvalue weighted by Crippen LogP contribution is 2.23. The molecule has 6 nitrogen and oxygen atoms in total. The summed E-state index contributed by atoms with van der Waals surface area (Å²) < 4.78 is 57.0. The zero-order valence-electron chi connectivity index (χ0n) is 9.65. The first-order valence-electron chi connectivity index (χ1n) is 5.00. The number of halogens is 2. The molecule has 2 aromatic rings. The summed E-state index contributed by atoms with van der Waals surface area (Å²) in [7, 11) is -4.34. The second-order valence-corrected chi connectivity index (χ2v) is 5.39. The highest BCUT2D eigenvalue weighted by Gasteiger charge is 2.23. The van der Waals surface area contributed by atoms with Gasteiger partial charge in [0.2, 0.25) is 0 Å². The first-order valence-corrected chi connectivity index (χ1v) is 6.48. The number of nitrogen functional groups attached to an aromatic ring is 1. The topological polar surface area (TPSA) is 98.2 Å². The molecule has 0 bridgehead atoms. The van der Waals surface area contributed by atoms with Crippen LogP contribution in [0.3, 0.4) is 0 Å². The molecule has 0 aliphatic carbocycles. The minimum Gasteiger partial charge on any atom is -0.399 e. The molecule has 0 unspecified atom stereocenters. The fourth-order valence-corrected chi connectivity index (χ4v) is 2.49. The molecule has 0 spiro atoms. The molecule has 0 saturated heterocycles. The van der Waals surface area contributed by atoms with Crippen LogP contribution in [0.2, 0.25) is 0 Å². The molecule has 1 heterocycles. The first-order chi connectivity index (χ1) is 8.79. The van der Waals surface area contributed by atoms with Crippen LogP contribution in [0.25, 0.3) is 0 Å². The highest BCUT2D eigenvalue weighted by molar-refractivity contribution is 7.92. The largest absolute Gasteiger partial charge is 0.399 e. The van der Waals surface area contributed by atoms with E-state index in [4.69, 9.17) is 5.73 Å². The van der Waals surface area contributed by atoms with E-state index in [1.165, 1.54) is 6.07 Å². The van der Waals surface area contributed by atoms with Gasteiger partial charge in [-0.15, -0.1) is 0 Å². The number of sulfonamides is 1. The third-order valence-electron chi connectivity index (χ3n) is 2.17. The lowest BCUT2D eigenvalue weighted by atomic mass is 10.3. The highest BCUT2D eigenvalue weighted by atomic mass is 32.2. The number of aryl methyl sites for hydroxylation is 1. The molecule has 0 aliphatic rings. The number of nitrogens with zero attached hydrogens (tertiary/aromatic N) is 1. The van der Waals surface area contributed by atoms with Crippen LogP contribution in [0.5, 0.6) is 0 Å². The van der Waals surface area contributed by atoms with E-state index < -0.39 is 26.6 Å². The Morgan fingerprint density at radius 2 is 2.00 bits per heavy atom. The Kier molecular flexibility index (Phi) is 3.14. The molecule has 0 saturated carbocycles. The smallest absolute Gasteiger partial charge is 0.266 e. The Balaban J connectivity index is 2.45. The van der Waals surface area contributed by atoms with E-state index in [-0.39, 0.29) is 11.5 Å². The van der Waals surface area contributed by atoms with Crippen molar-refractivity contribution in [2.24, 2.45) is 0 Å². The van der Waals surface area contributed by atoms with E-state index in [2.05, 4.69) is 9.68 Å². The van der Waals surface area contributed by atoms with Crippen LogP contribution in [0.4, 0.5) is 20.3 Å². The van der Waals surface area contributed by atoms with Crippen LogP contribution in [0, 0.1) is 18.6 Å². The molecule has 0 atom stereocenters. The monoisotopic (exact) mass is 289 g/mol. The van der Waals surface area contributed by atoms with Gasteiger partial charge in [-0.3, -0.25) is 4.72 Å². The molecule has 19 heavy (non-hydrogen) atoms. The van der Waals surface area contributed by atoms with Gasteiger partial charge in [0.05, 0.1) is 0 Å². The minimum atomic E-state index is -4.34. The SMILES string of the molecule is Cc1cc(NS(=O)(=O)c2cc(N)cc(F)c2F)no1. The molecular weight excluding hydrogens is 280 g/mol. The molecule has 1 aromatic heterocycles. The maximum Gasteiger partial charge on any atom is 0.266 e. The van der Waals surface area contributed by atoms with E-state index in [0.717, 1.165) is 6.07 Å². The van der Waals surface area contributed by atoms with Gasteiger partial charge < -0.3 is 10.3 Å². The van der Waals surface area contributed by atoms with E-state index >= 15 is 0 Å². The third kappa shape index (κ3) is 2.65. The van der Waals surface area contributed by atoms with Crippen LogP contribution < -0.4 is 10.5 Å². The summed E-state index contributed by atoms with van der Waals surface area (Å²) in [6, 6.07) is 2.79. The molecule has 0 aliphatic heterocycles. The van der Waals surface area contributed by atoms with Gasteiger partial charge in [-0.25, -0.2) is 17.2 Å². The predicted octanol–water partition coefficient (Wildman–Crippen LogP) is 1.64. The molecule has 0 amide bonds. The number of rotatable bonds is 3. The predicted molar refractivity (Wildman–Crippen MR) is 62.8 cm³/mol. The van der Waals surface area contributed by atoms with Gasteiger partial charge in [0.1, 0.15) is 10.7 Å². The van der Waals surface area contributed by atoms with Crippen molar-refractivity contribution in [1.29, 1.82) is 0 Å². The Bertz CT molecular complexity index is 728. The summed E-state index contributed by atoms with van der Waals surface area (Å²) >= 11 is 0. The Morgan fingerprint density at radius 1 is 1.32 bits per heavy atom. The van der Waals surface area contributed by atoms with Crippen molar-refractivity contribution in [3.8, 4) is 0 Å². The van der Waals surface area contributed by atoms with Crippen LogP contribution in [0.1, 0.15) is 5.76 Å². The van der Waals surface area contributed by atoms with Gasteiger partial charge in [0.25, 0.3) is 10.0 Å². The fraction of sp³-hybridized carbons (Fsp3) is 0.100. The molecule has 102 valence electrons. The third-order valence-corrected chi connectivity index (χ3v) is 3.53. The minimum absolute atomic E-state index is 0.139. The Morgan fingerprint density at radius 3 is 2.58 bits per heavy atom. The lowest BCUT2D eigenvalue weighted by molar-refractivity contribution is 0.400. The molecule has 9 heteroatoms. The normalized spacial score (nSPS) is 11.5. The molecule has 3 N–H and O–H groups in total. The average molecular weight is 289 g/mol. The van der Waals surface area contributed by atoms with Crippen molar-refractivity contribution in [2.45, 2.75) is 11.8 Å². The van der Waals surface area contributed by atoms with Crippen LogP contribution in [-0.4, -0.2) is 13.6 Å². The summed E-state index contributed by atoms with van der Waals surface area (Å²) in [6.45, 7) is 1.55. The summed E-state index contributed by atoms with van der Waals surface area (Å²) in [5.41, 5.74) is 5.08. The van der Waals surface area contributed by atoms with Gasteiger partial charge in [-0.2, -0.15) is 0 Å². The van der Waals surface area contributed by atoms with Gasteiger partial charge in [-0.05, 0) is 19.1 Å². The number of benzene rings is 1. The molecular formula is C10H9F2N3O3S. The summed E-state index contributed by atoms with van der Waals surface area (Å²) in [4.78, 5) is -0.898. The van der Waals surface area contributed by atoms with Crippen molar-refractivity contribution < 1.29 is 21.7 Å². The molecule has 0 fully saturated rings. The van der Waals surface area contributed by atoms with E-state index in [1.54, 1.807) is 6.92 Å². The van der Waals surface area contributed by atoms with E-state index in [0.29, 0.717) is 11.8 Å². The Labute approximate surface area is 107 Å². The number of aromatic nitrogens is 1.